The summed E-state index contributed by atoms with van der Waals surface area (Å²) >= 11 is 0. The van der Waals surface area contributed by atoms with E-state index >= 15 is 0 Å². The van der Waals surface area contributed by atoms with Gasteiger partial charge in [0.1, 0.15) is 6.10 Å². The maximum Gasteiger partial charge on any atom is 0.159 e. The predicted molar refractivity (Wildman–Crippen MR) is 72.2 cm³/mol. The molecule has 4 heteroatoms. The fourth-order valence-electron chi connectivity index (χ4n) is 2.25. The van der Waals surface area contributed by atoms with Crippen molar-refractivity contribution in [3.8, 4) is 0 Å². The Bertz CT molecular complexity index is 768. The third kappa shape index (κ3) is 2.14. The summed E-state index contributed by atoms with van der Waals surface area (Å²) in [5.74, 6) is -1.90. The molecule has 0 fully saturated rings. The quantitative estimate of drug-likeness (QED) is 0.772. The Morgan fingerprint density at radius 3 is 2.65 bits per heavy atom. The summed E-state index contributed by atoms with van der Waals surface area (Å²) in [5, 5.41) is 12.1. The van der Waals surface area contributed by atoms with Crippen LogP contribution in [-0.4, -0.2) is 10.1 Å². The lowest BCUT2D eigenvalue weighted by molar-refractivity contribution is 0.221. The highest BCUT2D eigenvalue weighted by Crippen LogP contribution is 2.29. The van der Waals surface area contributed by atoms with Gasteiger partial charge in [0, 0.05) is 17.8 Å². The summed E-state index contributed by atoms with van der Waals surface area (Å²) < 4.78 is 26.2. The molecular weight excluding hydrogens is 260 g/mol. The van der Waals surface area contributed by atoms with Crippen LogP contribution in [0.15, 0.2) is 54.9 Å². The van der Waals surface area contributed by atoms with E-state index in [-0.39, 0.29) is 0 Å². The lowest BCUT2D eigenvalue weighted by Gasteiger charge is -2.14. The van der Waals surface area contributed by atoms with Crippen molar-refractivity contribution in [3.63, 3.8) is 0 Å². The van der Waals surface area contributed by atoms with E-state index in [4.69, 9.17) is 0 Å². The van der Waals surface area contributed by atoms with Crippen molar-refractivity contribution in [1.82, 2.24) is 4.98 Å². The minimum atomic E-state index is -1.02. The minimum Gasteiger partial charge on any atom is -0.384 e. The molecule has 3 rings (SSSR count). The molecule has 0 bridgehead atoms. The molecule has 1 N–H and O–H groups in total. The lowest BCUT2D eigenvalue weighted by atomic mass is 9.97. The Balaban J connectivity index is 2.12. The zero-order valence-corrected chi connectivity index (χ0v) is 10.4. The highest BCUT2D eigenvalue weighted by atomic mass is 19.2. The fraction of sp³-hybridized carbons (Fsp3) is 0.0625. The Hall–Kier alpha value is -2.33. The fourth-order valence-corrected chi connectivity index (χ4v) is 2.25. The third-order valence-electron chi connectivity index (χ3n) is 3.27. The molecule has 100 valence electrons. The number of rotatable bonds is 2. The van der Waals surface area contributed by atoms with E-state index in [1.807, 2.05) is 6.07 Å². The average Bonchev–Trinajstić information content (AvgIpc) is 2.49. The topological polar surface area (TPSA) is 33.1 Å². The van der Waals surface area contributed by atoms with Crippen LogP contribution in [0.25, 0.3) is 10.8 Å². The molecule has 1 heterocycles. The zero-order chi connectivity index (χ0) is 14.1. The van der Waals surface area contributed by atoms with Crippen LogP contribution >= 0.6 is 0 Å². The first kappa shape index (κ1) is 12.7. The molecule has 0 amide bonds. The Morgan fingerprint density at radius 1 is 1.00 bits per heavy atom. The number of aliphatic hydroxyl groups is 1. The monoisotopic (exact) mass is 271 g/mol. The van der Waals surface area contributed by atoms with Gasteiger partial charge in [0.2, 0.25) is 0 Å². The van der Waals surface area contributed by atoms with Gasteiger partial charge in [-0.15, -0.1) is 0 Å². The van der Waals surface area contributed by atoms with Crippen LogP contribution in [0.3, 0.4) is 0 Å². The average molecular weight is 271 g/mol. The number of benzene rings is 2. The first-order valence-corrected chi connectivity index (χ1v) is 6.12. The molecule has 0 radical (unpaired) electrons. The predicted octanol–water partition coefficient (Wildman–Crippen LogP) is 3.59. The standard InChI is InChI=1S/C16H11F2NO/c17-14-5-4-10(8-15(14)18)16(20)13-3-1-2-11-9-19-7-6-12(11)13/h1-9,16,20H. The molecule has 20 heavy (non-hydrogen) atoms. The number of pyridine rings is 1. The SMILES string of the molecule is OC(c1ccc(F)c(F)c1)c1cccc2cnccc12. The summed E-state index contributed by atoms with van der Waals surface area (Å²) in [6, 6.07) is 10.6. The van der Waals surface area contributed by atoms with Crippen molar-refractivity contribution >= 4 is 10.8 Å². The maximum absolute atomic E-state index is 13.3. The van der Waals surface area contributed by atoms with Gasteiger partial charge in [0.25, 0.3) is 0 Å². The second-order valence-electron chi connectivity index (χ2n) is 4.52. The molecule has 0 aliphatic carbocycles. The Kier molecular flexibility index (Phi) is 3.16. The van der Waals surface area contributed by atoms with E-state index in [9.17, 15) is 13.9 Å². The number of hydrogen-bond acceptors (Lipinski definition) is 2. The van der Waals surface area contributed by atoms with E-state index in [1.165, 1.54) is 6.07 Å². The van der Waals surface area contributed by atoms with Crippen molar-refractivity contribution in [2.24, 2.45) is 0 Å². The van der Waals surface area contributed by atoms with E-state index < -0.39 is 17.7 Å². The molecule has 0 saturated heterocycles. The molecule has 0 aliphatic rings. The van der Waals surface area contributed by atoms with Crippen molar-refractivity contribution in [2.75, 3.05) is 0 Å². The lowest BCUT2D eigenvalue weighted by Crippen LogP contribution is -2.02. The van der Waals surface area contributed by atoms with Crippen LogP contribution in [0, 0.1) is 11.6 Å². The molecule has 0 spiro atoms. The van der Waals surface area contributed by atoms with Crippen LogP contribution in [0.2, 0.25) is 0 Å². The number of aliphatic hydroxyl groups excluding tert-OH is 1. The van der Waals surface area contributed by atoms with Crippen LogP contribution in [0.1, 0.15) is 17.2 Å². The highest BCUT2D eigenvalue weighted by Gasteiger charge is 2.15. The first-order chi connectivity index (χ1) is 9.66. The van der Waals surface area contributed by atoms with Gasteiger partial charge >= 0.3 is 0 Å². The molecule has 2 aromatic carbocycles. The summed E-state index contributed by atoms with van der Waals surface area (Å²) in [5.41, 5.74) is 0.948. The van der Waals surface area contributed by atoms with Crippen LogP contribution in [-0.2, 0) is 0 Å². The van der Waals surface area contributed by atoms with Crippen LogP contribution in [0.4, 0.5) is 8.78 Å². The molecule has 1 unspecified atom stereocenters. The number of nitrogens with zero attached hydrogens (tertiary/aromatic N) is 1. The summed E-state index contributed by atoms with van der Waals surface area (Å²) in [6.07, 6.45) is 2.30. The second-order valence-corrected chi connectivity index (χ2v) is 4.52. The van der Waals surface area contributed by atoms with Crippen molar-refractivity contribution in [1.29, 1.82) is 0 Å². The first-order valence-electron chi connectivity index (χ1n) is 6.12. The van der Waals surface area contributed by atoms with Gasteiger partial charge in [-0.3, -0.25) is 4.98 Å². The van der Waals surface area contributed by atoms with Crippen LogP contribution in [0.5, 0.6) is 0 Å². The minimum absolute atomic E-state index is 0.313. The van der Waals surface area contributed by atoms with E-state index in [2.05, 4.69) is 4.98 Å². The van der Waals surface area contributed by atoms with E-state index in [0.717, 1.165) is 22.9 Å². The third-order valence-corrected chi connectivity index (χ3v) is 3.27. The maximum atomic E-state index is 13.3. The van der Waals surface area contributed by atoms with Gasteiger partial charge in [-0.2, -0.15) is 0 Å². The molecule has 2 nitrogen and oxygen atoms in total. The van der Waals surface area contributed by atoms with Crippen molar-refractivity contribution in [2.45, 2.75) is 6.10 Å². The summed E-state index contributed by atoms with van der Waals surface area (Å²) in [7, 11) is 0. The van der Waals surface area contributed by atoms with Gasteiger partial charge in [0.15, 0.2) is 11.6 Å². The summed E-state index contributed by atoms with van der Waals surface area (Å²) in [4.78, 5) is 4.02. The van der Waals surface area contributed by atoms with Crippen molar-refractivity contribution in [3.05, 3.63) is 77.6 Å². The Labute approximate surface area is 114 Å². The molecule has 3 aromatic rings. The highest BCUT2D eigenvalue weighted by molar-refractivity contribution is 5.85. The molecular formula is C16H11F2NO. The number of hydrogen-bond donors (Lipinski definition) is 1. The van der Waals surface area contributed by atoms with Gasteiger partial charge in [-0.05, 0) is 34.7 Å². The second kappa shape index (κ2) is 4.98. The van der Waals surface area contributed by atoms with Gasteiger partial charge in [-0.1, -0.05) is 24.3 Å². The number of aromatic nitrogens is 1. The molecule has 0 saturated carbocycles. The largest absolute Gasteiger partial charge is 0.384 e. The van der Waals surface area contributed by atoms with Gasteiger partial charge in [0.05, 0.1) is 0 Å². The Morgan fingerprint density at radius 2 is 1.85 bits per heavy atom. The number of halogens is 2. The van der Waals surface area contributed by atoms with Crippen LogP contribution < -0.4 is 0 Å². The van der Waals surface area contributed by atoms with Gasteiger partial charge in [-0.25, -0.2) is 8.78 Å². The van der Waals surface area contributed by atoms with Crippen molar-refractivity contribution < 1.29 is 13.9 Å². The van der Waals surface area contributed by atoms with E-state index in [1.54, 1.807) is 30.6 Å². The van der Waals surface area contributed by atoms with Gasteiger partial charge < -0.3 is 5.11 Å². The van der Waals surface area contributed by atoms with E-state index in [0.29, 0.717) is 11.1 Å². The summed E-state index contributed by atoms with van der Waals surface area (Å²) in [6.45, 7) is 0. The smallest absolute Gasteiger partial charge is 0.159 e. The molecule has 1 aromatic heterocycles. The molecule has 0 aliphatic heterocycles. The number of fused-ring (bicyclic) bond motifs is 1. The molecule has 1 atom stereocenters. The normalized spacial score (nSPS) is 12.6. The zero-order valence-electron chi connectivity index (χ0n) is 10.4.